The van der Waals surface area contributed by atoms with Gasteiger partial charge in [0.15, 0.2) is 0 Å². The third-order valence-electron chi connectivity index (χ3n) is 3.02. The highest BCUT2D eigenvalue weighted by Gasteiger charge is 2.13. The Labute approximate surface area is 113 Å². The Morgan fingerprint density at radius 2 is 1.63 bits per heavy atom. The molecule has 0 saturated carbocycles. The summed E-state index contributed by atoms with van der Waals surface area (Å²) in [7, 11) is 0. The van der Waals surface area contributed by atoms with Gasteiger partial charge in [-0.25, -0.2) is 0 Å². The van der Waals surface area contributed by atoms with Gasteiger partial charge in [0.1, 0.15) is 0 Å². The first-order valence-corrected chi connectivity index (χ1v) is 6.39. The van der Waals surface area contributed by atoms with Crippen LogP contribution in [0, 0.1) is 0 Å². The fraction of sp³-hybridized carbons (Fsp3) is 0.267. The molecule has 2 aromatic rings. The van der Waals surface area contributed by atoms with Crippen molar-refractivity contribution >= 4 is 5.91 Å². The van der Waals surface area contributed by atoms with Gasteiger partial charge in [0.25, 0.3) is 5.91 Å². The Balaban J connectivity index is 1.99. The molecule has 4 nitrogen and oxygen atoms in total. The average molecular weight is 255 g/mol. The molecule has 0 aliphatic rings. The molecule has 2 rings (SSSR count). The van der Waals surface area contributed by atoms with Crippen molar-refractivity contribution in [1.82, 2.24) is 14.9 Å². The normalized spacial score (nSPS) is 10.2. The first kappa shape index (κ1) is 13.2. The first-order chi connectivity index (χ1) is 9.31. The summed E-state index contributed by atoms with van der Waals surface area (Å²) in [5.41, 5.74) is 1.88. The molecule has 0 saturated heterocycles. The maximum absolute atomic E-state index is 12.3. The predicted molar refractivity (Wildman–Crippen MR) is 73.8 cm³/mol. The van der Waals surface area contributed by atoms with Crippen LogP contribution in [0.3, 0.4) is 0 Å². The van der Waals surface area contributed by atoms with Gasteiger partial charge in [0.05, 0.1) is 0 Å². The summed E-state index contributed by atoms with van der Waals surface area (Å²) >= 11 is 0. The standard InChI is InChI=1S/C15H17N3O/c1-2-18(12-7-13-3-8-16-9-4-13)15(19)14-5-10-17-11-6-14/h3-6,8-11H,2,7,12H2,1H3. The molecular formula is C15H17N3O. The smallest absolute Gasteiger partial charge is 0.253 e. The fourth-order valence-electron chi connectivity index (χ4n) is 1.89. The van der Waals surface area contributed by atoms with Crippen LogP contribution >= 0.6 is 0 Å². The largest absolute Gasteiger partial charge is 0.339 e. The molecule has 0 aliphatic heterocycles. The van der Waals surface area contributed by atoms with Crippen LogP contribution < -0.4 is 0 Å². The van der Waals surface area contributed by atoms with Crippen molar-refractivity contribution in [3.05, 3.63) is 60.2 Å². The number of amides is 1. The van der Waals surface area contributed by atoms with Gasteiger partial charge in [0, 0.05) is 43.4 Å². The van der Waals surface area contributed by atoms with Crippen LogP contribution in [0.5, 0.6) is 0 Å². The average Bonchev–Trinajstić information content (AvgIpc) is 2.49. The SMILES string of the molecule is CCN(CCc1ccncc1)C(=O)c1ccncc1. The molecule has 0 aliphatic carbocycles. The van der Waals surface area contributed by atoms with Gasteiger partial charge in [-0.15, -0.1) is 0 Å². The second-order valence-corrected chi connectivity index (χ2v) is 4.23. The molecule has 98 valence electrons. The number of nitrogens with zero attached hydrogens (tertiary/aromatic N) is 3. The second-order valence-electron chi connectivity index (χ2n) is 4.23. The van der Waals surface area contributed by atoms with Crippen molar-refractivity contribution in [2.75, 3.05) is 13.1 Å². The number of carbonyl (C=O) groups is 1. The molecule has 0 unspecified atom stereocenters. The van der Waals surface area contributed by atoms with E-state index in [1.807, 2.05) is 24.0 Å². The van der Waals surface area contributed by atoms with Crippen molar-refractivity contribution < 1.29 is 4.79 Å². The van der Waals surface area contributed by atoms with Gasteiger partial charge in [0.2, 0.25) is 0 Å². The summed E-state index contributed by atoms with van der Waals surface area (Å²) < 4.78 is 0. The van der Waals surface area contributed by atoms with E-state index in [4.69, 9.17) is 0 Å². The lowest BCUT2D eigenvalue weighted by Gasteiger charge is -2.20. The van der Waals surface area contributed by atoms with Crippen LogP contribution in [0.1, 0.15) is 22.8 Å². The van der Waals surface area contributed by atoms with E-state index in [9.17, 15) is 4.79 Å². The third kappa shape index (κ3) is 3.61. The molecule has 2 heterocycles. The van der Waals surface area contributed by atoms with Crippen LogP contribution in [0.25, 0.3) is 0 Å². The van der Waals surface area contributed by atoms with E-state index in [0.29, 0.717) is 18.7 Å². The lowest BCUT2D eigenvalue weighted by atomic mass is 10.1. The van der Waals surface area contributed by atoms with Crippen LogP contribution in [0.15, 0.2) is 49.1 Å². The fourth-order valence-corrected chi connectivity index (χ4v) is 1.89. The van der Waals surface area contributed by atoms with Gasteiger partial charge in [-0.3, -0.25) is 14.8 Å². The Hall–Kier alpha value is -2.23. The molecule has 0 radical (unpaired) electrons. The summed E-state index contributed by atoms with van der Waals surface area (Å²) in [6, 6.07) is 7.45. The highest BCUT2D eigenvalue weighted by molar-refractivity contribution is 5.94. The van der Waals surface area contributed by atoms with E-state index in [1.54, 1.807) is 36.9 Å². The molecule has 0 fully saturated rings. The van der Waals surface area contributed by atoms with E-state index in [2.05, 4.69) is 9.97 Å². The lowest BCUT2D eigenvalue weighted by Crippen LogP contribution is -2.32. The van der Waals surface area contributed by atoms with Gasteiger partial charge >= 0.3 is 0 Å². The van der Waals surface area contributed by atoms with E-state index in [1.165, 1.54) is 5.56 Å². The monoisotopic (exact) mass is 255 g/mol. The molecule has 0 N–H and O–H groups in total. The van der Waals surface area contributed by atoms with E-state index >= 15 is 0 Å². The zero-order valence-electron chi connectivity index (χ0n) is 11.0. The maximum atomic E-state index is 12.3. The minimum Gasteiger partial charge on any atom is -0.339 e. The molecule has 4 heteroatoms. The van der Waals surface area contributed by atoms with Crippen LogP contribution in [-0.4, -0.2) is 33.9 Å². The number of pyridine rings is 2. The van der Waals surface area contributed by atoms with Crippen molar-refractivity contribution in [1.29, 1.82) is 0 Å². The van der Waals surface area contributed by atoms with Crippen molar-refractivity contribution in [2.24, 2.45) is 0 Å². The third-order valence-corrected chi connectivity index (χ3v) is 3.02. The van der Waals surface area contributed by atoms with Crippen molar-refractivity contribution in [2.45, 2.75) is 13.3 Å². The Morgan fingerprint density at radius 1 is 1.05 bits per heavy atom. The Morgan fingerprint density at radius 3 is 2.21 bits per heavy atom. The Kier molecular flexibility index (Phi) is 4.61. The molecule has 0 atom stereocenters. The summed E-state index contributed by atoms with van der Waals surface area (Å²) in [4.78, 5) is 22.0. The number of hydrogen-bond donors (Lipinski definition) is 0. The minimum absolute atomic E-state index is 0.0546. The van der Waals surface area contributed by atoms with Gasteiger partial charge in [-0.1, -0.05) is 0 Å². The number of rotatable bonds is 5. The quantitative estimate of drug-likeness (QED) is 0.822. The topological polar surface area (TPSA) is 46.1 Å². The van der Waals surface area contributed by atoms with Crippen LogP contribution in [-0.2, 0) is 6.42 Å². The molecule has 19 heavy (non-hydrogen) atoms. The molecular weight excluding hydrogens is 238 g/mol. The number of hydrogen-bond acceptors (Lipinski definition) is 3. The van der Waals surface area contributed by atoms with E-state index in [-0.39, 0.29) is 5.91 Å². The van der Waals surface area contributed by atoms with Crippen LogP contribution in [0.4, 0.5) is 0 Å². The van der Waals surface area contributed by atoms with Gasteiger partial charge in [-0.2, -0.15) is 0 Å². The summed E-state index contributed by atoms with van der Waals surface area (Å²) in [6.45, 7) is 3.40. The lowest BCUT2D eigenvalue weighted by molar-refractivity contribution is 0.0766. The van der Waals surface area contributed by atoms with Crippen molar-refractivity contribution in [3.63, 3.8) is 0 Å². The minimum atomic E-state index is 0.0546. The molecule has 1 amide bonds. The van der Waals surface area contributed by atoms with Crippen LogP contribution in [0.2, 0.25) is 0 Å². The summed E-state index contributed by atoms with van der Waals surface area (Å²) in [5.74, 6) is 0.0546. The highest BCUT2D eigenvalue weighted by atomic mass is 16.2. The molecule has 0 bridgehead atoms. The molecule has 0 spiro atoms. The molecule has 2 aromatic heterocycles. The Bertz CT molecular complexity index is 513. The molecule has 0 aromatic carbocycles. The summed E-state index contributed by atoms with van der Waals surface area (Å²) in [6.07, 6.45) is 7.67. The number of aromatic nitrogens is 2. The second kappa shape index (κ2) is 6.64. The van der Waals surface area contributed by atoms with E-state index in [0.717, 1.165) is 6.42 Å². The van der Waals surface area contributed by atoms with E-state index < -0.39 is 0 Å². The highest BCUT2D eigenvalue weighted by Crippen LogP contribution is 2.06. The van der Waals surface area contributed by atoms with Gasteiger partial charge < -0.3 is 4.90 Å². The van der Waals surface area contributed by atoms with Gasteiger partial charge in [-0.05, 0) is 43.2 Å². The number of likely N-dealkylation sites (N-methyl/N-ethyl adjacent to an activating group) is 1. The first-order valence-electron chi connectivity index (χ1n) is 6.39. The maximum Gasteiger partial charge on any atom is 0.253 e. The predicted octanol–water partition coefficient (Wildman–Crippen LogP) is 2.18. The summed E-state index contributed by atoms with van der Waals surface area (Å²) in [5, 5.41) is 0. The zero-order chi connectivity index (χ0) is 13.5. The number of carbonyl (C=O) groups excluding carboxylic acids is 1. The zero-order valence-corrected chi connectivity index (χ0v) is 11.0. The van der Waals surface area contributed by atoms with Crippen molar-refractivity contribution in [3.8, 4) is 0 Å².